The maximum Gasteiger partial charge on any atom is 0.407 e. The number of hydrogen-bond acceptors (Lipinski definition) is 5. The molecule has 6 heteroatoms. The molecule has 0 aromatic carbocycles. The molecule has 1 aromatic rings. The van der Waals surface area contributed by atoms with Crippen LogP contribution >= 0.6 is 0 Å². The lowest BCUT2D eigenvalue weighted by atomic mass is 10.1. The Morgan fingerprint density at radius 2 is 2.22 bits per heavy atom. The van der Waals surface area contributed by atoms with Crippen molar-refractivity contribution in [2.45, 2.75) is 45.3 Å². The number of pyridine rings is 1. The van der Waals surface area contributed by atoms with Gasteiger partial charge in [0.2, 0.25) is 0 Å². The summed E-state index contributed by atoms with van der Waals surface area (Å²) >= 11 is 0. The van der Waals surface area contributed by atoms with Crippen LogP contribution in [-0.2, 0) is 4.74 Å². The maximum absolute atomic E-state index is 11.8. The Morgan fingerprint density at radius 1 is 1.52 bits per heavy atom. The van der Waals surface area contributed by atoms with Gasteiger partial charge in [0.25, 0.3) is 0 Å². The molecule has 0 unspecified atom stereocenters. The van der Waals surface area contributed by atoms with Crippen molar-refractivity contribution in [2.24, 2.45) is 5.92 Å². The van der Waals surface area contributed by atoms with Crippen molar-refractivity contribution in [3.05, 3.63) is 23.9 Å². The molecule has 0 saturated heterocycles. The molecule has 6 nitrogen and oxygen atoms in total. The van der Waals surface area contributed by atoms with E-state index in [9.17, 15) is 4.79 Å². The molecule has 1 aliphatic carbocycles. The number of anilines is 1. The van der Waals surface area contributed by atoms with Crippen LogP contribution in [-0.4, -0.2) is 36.3 Å². The van der Waals surface area contributed by atoms with E-state index in [1.807, 2.05) is 33.9 Å². The lowest BCUT2D eigenvalue weighted by Crippen LogP contribution is -2.45. The Kier molecular flexibility index (Phi) is 5.09. The van der Waals surface area contributed by atoms with Crippen molar-refractivity contribution >= 4 is 11.9 Å². The molecule has 1 aliphatic rings. The van der Waals surface area contributed by atoms with Crippen LogP contribution in [0, 0.1) is 17.2 Å². The summed E-state index contributed by atoms with van der Waals surface area (Å²) in [6.07, 6.45) is 3.48. The number of nitriles is 1. The maximum atomic E-state index is 11.8. The second kappa shape index (κ2) is 6.86. The predicted octanol–water partition coefficient (Wildman–Crippen LogP) is 2.69. The summed E-state index contributed by atoms with van der Waals surface area (Å²) < 4.78 is 5.28. The molecule has 1 saturated carbocycles. The number of likely N-dealkylation sites (N-methyl/N-ethyl adjacent to an activating group) is 1. The minimum atomic E-state index is -0.500. The van der Waals surface area contributed by atoms with Gasteiger partial charge in [0, 0.05) is 19.8 Å². The molecule has 0 spiro atoms. The van der Waals surface area contributed by atoms with Crippen LogP contribution in [0.15, 0.2) is 18.3 Å². The Bertz CT molecular complexity index is 582. The number of carbonyl (C=O) groups excluding carboxylic acids is 1. The third-order valence-electron chi connectivity index (χ3n) is 3.76. The number of ether oxygens (including phenoxy) is 1. The third kappa shape index (κ3) is 5.13. The molecule has 0 bridgehead atoms. The van der Waals surface area contributed by atoms with Gasteiger partial charge in [-0.3, -0.25) is 0 Å². The average molecular weight is 316 g/mol. The van der Waals surface area contributed by atoms with Gasteiger partial charge in [-0.2, -0.15) is 5.26 Å². The van der Waals surface area contributed by atoms with Gasteiger partial charge < -0.3 is 15.0 Å². The van der Waals surface area contributed by atoms with E-state index in [4.69, 9.17) is 10.00 Å². The van der Waals surface area contributed by atoms with Crippen LogP contribution in [0.4, 0.5) is 10.6 Å². The number of alkyl carbamates (subject to hydrolysis) is 1. The van der Waals surface area contributed by atoms with E-state index in [2.05, 4.69) is 21.3 Å². The second-order valence-electron chi connectivity index (χ2n) is 6.92. The van der Waals surface area contributed by atoms with E-state index >= 15 is 0 Å². The van der Waals surface area contributed by atoms with Crippen molar-refractivity contribution < 1.29 is 9.53 Å². The summed E-state index contributed by atoms with van der Waals surface area (Å²) in [6, 6.07) is 5.82. The van der Waals surface area contributed by atoms with Crippen LogP contribution in [0.5, 0.6) is 0 Å². The van der Waals surface area contributed by atoms with E-state index in [1.165, 1.54) is 0 Å². The van der Waals surface area contributed by atoms with Gasteiger partial charge in [0.1, 0.15) is 17.5 Å². The van der Waals surface area contributed by atoms with E-state index in [-0.39, 0.29) is 6.04 Å². The fourth-order valence-electron chi connectivity index (χ4n) is 2.43. The Labute approximate surface area is 137 Å². The van der Waals surface area contributed by atoms with Crippen molar-refractivity contribution in [3.63, 3.8) is 0 Å². The highest BCUT2D eigenvalue weighted by Gasteiger charge is 2.35. The van der Waals surface area contributed by atoms with Gasteiger partial charge in [0.05, 0.1) is 11.6 Å². The largest absolute Gasteiger partial charge is 0.444 e. The zero-order chi connectivity index (χ0) is 17.0. The summed E-state index contributed by atoms with van der Waals surface area (Å²) in [6.45, 7) is 6.05. The first kappa shape index (κ1) is 17.1. The summed E-state index contributed by atoms with van der Waals surface area (Å²) in [5.74, 6) is 1.35. The predicted molar refractivity (Wildman–Crippen MR) is 88.1 cm³/mol. The molecule has 1 heterocycles. The van der Waals surface area contributed by atoms with Crippen LogP contribution < -0.4 is 10.2 Å². The number of nitrogens with one attached hydrogen (secondary N) is 1. The Morgan fingerprint density at radius 3 is 2.70 bits per heavy atom. The smallest absolute Gasteiger partial charge is 0.407 e. The fraction of sp³-hybridized carbons (Fsp3) is 0.588. The van der Waals surface area contributed by atoms with Crippen LogP contribution in [0.25, 0.3) is 0 Å². The SMILES string of the molecule is CN(c1ccc(C#N)cn1)[C@@H](CNC(=O)OC(C)(C)C)C1CC1. The molecule has 1 atom stereocenters. The lowest BCUT2D eigenvalue weighted by molar-refractivity contribution is 0.0523. The van der Waals surface area contributed by atoms with Gasteiger partial charge in [0.15, 0.2) is 0 Å². The van der Waals surface area contributed by atoms with Gasteiger partial charge in [-0.05, 0) is 51.7 Å². The number of amides is 1. The van der Waals surface area contributed by atoms with Crippen molar-refractivity contribution in [3.8, 4) is 6.07 Å². The molecule has 23 heavy (non-hydrogen) atoms. The minimum absolute atomic E-state index is 0.169. The Balaban J connectivity index is 1.97. The molecule has 0 aliphatic heterocycles. The molecular formula is C17H24N4O2. The number of hydrogen-bond donors (Lipinski definition) is 1. The summed E-state index contributed by atoms with van der Waals surface area (Å²) in [5, 5.41) is 11.7. The van der Waals surface area contributed by atoms with E-state index in [0.717, 1.165) is 18.7 Å². The van der Waals surface area contributed by atoms with E-state index in [0.29, 0.717) is 18.0 Å². The molecule has 2 rings (SSSR count). The first-order chi connectivity index (χ1) is 10.8. The minimum Gasteiger partial charge on any atom is -0.444 e. The molecular weight excluding hydrogens is 292 g/mol. The van der Waals surface area contributed by atoms with Gasteiger partial charge >= 0.3 is 6.09 Å². The average Bonchev–Trinajstić information content (AvgIpc) is 3.30. The lowest BCUT2D eigenvalue weighted by Gasteiger charge is -2.30. The monoisotopic (exact) mass is 316 g/mol. The summed E-state index contributed by atoms with van der Waals surface area (Å²) in [5.41, 5.74) is 0.0386. The highest BCUT2D eigenvalue weighted by atomic mass is 16.6. The topological polar surface area (TPSA) is 78.3 Å². The fourth-order valence-corrected chi connectivity index (χ4v) is 2.43. The summed E-state index contributed by atoms with van der Waals surface area (Å²) in [4.78, 5) is 18.2. The van der Waals surface area contributed by atoms with Crippen LogP contribution in [0.3, 0.4) is 0 Å². The third-order valence-corrected chi connectivity index (χ3v) is 3.76. The standard InChI is InChI=1S/C17H24N4O2/c1-17(2,3)23-16(22)20-11-14(13-6-7-13)21(4)15-8-5-12(9-18)10-19-15/h5,8,10,13-14H,6-7,11H2,1-4H3,(H,20,22)/t14-/m0/s1. The highest BCUT2D eigenvalue weighted by molar-refractivity contribution is 5.67. The van der Waals surface area contributed by atoms with Crippen molar-refractivity contribution in [1.82, 2.24) is 10.3 Å². The molecule has 1 aromatic heterocycles. The molecule has 1 amide bonds. The zero-order valence-electron chi connectivity index (χ0n) is 14.2. The number of carbonyl (C=O) groups is 1. The van der Waals surface area contributed by atoms with E-state index < -0.39 is 11.7 Å². The van der Waals surface area contributed by atoms with Gasteiger partial charge in [-0.25, -0.2) is 9.78 Å². The normalized spacial score (nSPS) is 15.4. The Hall–Kier alpha value is -2.29. The van der Waals surface area contributed by atoms with Crippen LogP contribution in [0.1, 0.15) is 39.2 Å². The number of rotatable bonds is 5. The second-order valence-corrected chi connectivity index (χ2v) is 6.92. The molecule has 0 radical (unpaired) electrons. The highest BCUT2D eigenvalue weighted by Crippen LogP contribution is 2.36. The van der Waals surface area contributed by atoms with E-state index in [1.54, 1.807) is 12.3 Å². The van der Waals surface area contributed by atoms with Crippen molar-refractivity contribution in [1.29, 1.82) is 5.26 Å². The molecule has 1 N–H and O–H groups in total. The first-order valence-corrected chi connectivity index (χ1v) is 7.86. The molecule has 124 valence electrons. The number of nitrogens with zero attached hydrogens (tertiary/aromatic N) is 3. The number of aromatic nitrogens is 1. The first-order valence-electron chi connectivity index (χ1n) is 7.86. The summed E-state index contributed by atoms with van der Waals surface area (Å²) in [7, 11) is 1.97. The van der Waals surface area contributed by atoms with Crippen molar-refractivity contribution in [2.75, 3.05) is 18.5 Å². The van der Waals surface area contributed by atoms with Gasteiger partial charge in [-0.15, -0.1) is 0 Å². The zero-order valence-corrected chi connectivity index (χ0v) is 14.2. The quantitative estimate of drug-likeness (QED) is 0.903. The van der Waals surface area contributed by atoms with Crippen LogP contribution in [0.2, 0.25) is 0 Å². The van der Waals surface area contributed by atoms with Gasteiger partial charge in [-0.1, -0.05) is 0 Å². The molecule has 1 fully saturated rings.